The summed E-state index contributed by atoms with van der Waals surface area (Å²) in [6.45, 7) is 0. The molecule has 0 fully saturated rings. The third-order valence-corrected chi connectivity index (χ3v) is 5.83. The van der Waals surface area contributed by atoms with Gasteiger partial charge in [-0.1, -0.05) is 29.5 Å². The van der Waals surface area contributed by atoms with Crippen LogP contribution >= 0.6 is 11.6 Å². The van der Waals surface area contributed by atoms with E-state index in [4.69, 9.17) is 16.3 Å². The molecule has 0 saturated heterocycles. The SMILES string of the molecule is COc1cccc(C#Cc2cncc(C(=O)N=S(C)(=O)c3ccc(Cl)cc3)c2)c1. The normalized spacial score (nSPS) is 12.2. The Morgan fingerprint density at radius 1 is 1.07 bits per heavy atom. The fourth-order valence-electron chi connectivity index (χ4n) is 2.42. The number of amides is 1. The zero-order valence-electron chi connectivity index (χ0n) is 15.8. The highest BCUT2D eigenvalue weighted by Gasteiger charge is 2.12. The van der Waals surface area contributed by atoms with Crippen molar-refractivity contribution in [2.75, 3.05) is 13.4 Å². The number of carbonyl (C=O) groups is 1. The van der Waals surface area contributed by atoms with Crippen LogP contribution in [0.3, 0.4) is 0 Å². The van der Waals surface area contributed by atoms with Crippen molar-refractivity contribution in [1.82, 2.24) is 4.98 Å². The summed E-state index contributed by atoms with van der Waals surface area (Å²) in [4.78, 5) is 17.0. The molecule has 1 heterocycles. The van der Waals surface area contributed by atoms with Gasteiger partial charge < -0.3 is 4.74 Å². The zero-order valence-corrected chi connectivity index (χ0v) is 17.3. The lowest BCUT2D eigenvalue weighted by atomic mass is 10.1. The van der Waals surface area contributed by atoms with Gasteiger partial charge in [0.05, 0.1) is 22.4 Å². The Kier molecular flexibility index (Phi) is 6.32. The summed E-state index contributed by atoms with van der Waals surface area (Å²) < 4.78 is 21.9. The van der Waals surface area contributed by atoms with Crippen molar-refractivity contribution in [3.8, 4) is 17.6 Å². The van der Waals surface area contributed by atoms with E-state index in [2.05, 4.69) is 21.2 Å². The number of carbonyl (C=O) groups excluding carboxylic acids is 1. The van der Waals surface area contributed by atoms with Crippen LogP contribution in [0.15, 0.2) is 76.2 Å². The third kappa shape index (κ3) is 5.44. The van der Waals surface area contributed by atoms with E-state index in [1.54, 1.807) is 43.6 Å². The summed E-state index contributed by atoms with van der Waals surface area (Å²) in [5.41, 5.74) is 1.53. The number of hydrogen-bond donors (Lipinski definition) is 0. The molecule has 3 rings (SSSR count). The molecule has 0 saturated carbocycles. The number of methoxy groups -OCH3 is 1. The predicted molar refractivity (Wildman–Crippen MR) is 114 cm³/mol. The Bertz CT molecular complexity index is 1230. The molecule has 5 nitrogen and oxygen atoms in total. The predicted octanol–water partition coefficient (Wildman–Crippen LogP) is 4.44. The zero-order chi connectivity index (χ0) is 20.9. The Hall–Kier alpha value is -3.14. The van der Waals surface area contributed by atoms with Gasteiger partial charge in [-0.25, -0.2) is 4.21 Å². The average molecular weight is 425 g/mol. The molecule has 1 atom stereocenters. The minimum Gasteiger partial charge on any atom is -0.497 e. The van der Waals surface area contributed by atoms with Crippen LogP contribution in [0.5, 0.6) is 5.75 Å². The molecular formula is C22H17ClN2O3S. The van der Waals surface area contributed by atoms with Gasteiger partial charge in [0.1, 0.15) is 5.75 Å². The molecule has 2 aromatic carbocycles. The van der Waals surface area contributed by atoms with Crippen molar-refractivity contribution >= 4 is 27.2 Å². The van der Waals surface area contributed by atoms with Crippen LogP contribution in [-0.2, 0) is 9.73 Å². The fourth-order valence-corrected chi connectivity index (χ4v) is 3.72. The smallest absolute Gasteiger partial charge is 0.286 e. The first-order valence-electron chi connectivity index (χ1n) is 8.50. The maximum atomic E-state index is 12.8. The van der Waals surface area contributed by atoms with Gasteiger partial charge in [0.15, 0.2) is 0 Å². The second-order valence-corrected chi connectivity index (χ2v) is 8.79. The molecule has 0 aliphatic carbocycles. The third-order valence-electron chi connectivity index (χ3n) is 3.91. The molecule has 0 bridgehead atoms. The molecule has 29 heavy (non-hydrogen) atoms. The van der Waals surface area contributed by atoms with Crippen LogP contribution in [0.2, 0.25) is 5.02 Å². The minimum atomic E-state index is -2.91. The van der Waals surface area contributed by atoms with E-state index >= 15 is 0 Å². The molecule has 146 valence electrons. The van der Waals surface area contributed by atoms with Crippen LogP contribution in [-0.4, -0.2) is 28.5 Å². The summed E-state index contributed by atoms with van der Waals surface area (Å²) in [5.74, 6) is 6.05. The first-order chi connectivity index (χ1) is 13.9. The highest BCUT2D eigenvalue weighted by molar-refractivity contribution is 7.93. The lowest BCUT2D eigenvalue weighted by molar-refractivity contribution is 0.100. The summed E-state index contributed by atoms with van der Waals surface area (Å²) in [7, 11) is -1.32. The quantitative estimate of drug-likeness (QED) is 0.583. The highest BCUT2D eigenvalue weighted by Crippen LogP contribution is 2.17. The lowest BCUT2D eigenvalue weighted by Gasteiger charge is -2.04. The molecular weight excluding hydrogens is 408 g/mol. The Labute approximate surface area is 174 Å². The van der Waals surface area contributed by atoms with E-state index in [9.17, 15) is 9.00 Å². The number of benzene rings is 2. The van der Waals surface area contributed by atoms with Gasteiger partial charge in [-0.3, -0.25) is 9.78 Å². The van der Waals surface area contributed by atoms with Crippen molar-refractivity contribution in [3.63, 3.8) is 0 Å². The maximum Gasteiger partial charge on any atom is 0.286 e. The first-order valence-corrected chi connectivity index (χ1v) is 10.8. The maximum absolute atomic E-state index is 12.8. The van der Waals surface area contributed by atoms with Crippen molar-refractivity contribution in [2.45, 2.75) is 4.90 Å². The lowest BCUT2D eigenvalue weighted by Crippen LogP contribution is -2.04. The van der Waals surface area contributed by atoms with E-state index in [0.717, 1.165) is 5.56 Å². The molecule has 7 heteroatoms. The number of halogens is 1. The largest absolute Gasteiger partial charge is 0.497 e. The second kappa shape index (κ2) is 8.91. The average Bonchev–Trinajstić information content (AvgIpc) is 2.72. The van der Waals surface area contributed by atoms with E-state index < -0.39 is 15.6 Å². The molecule has 1 amide bonds. The summed E-state index contributed by atoms with van der Waals surface area (Å²) in [5, 5.41) is 0.516. The number of pyridine rings is 1. The molecule has 0 spiro atoms. The number of rotatable bonds is 3. The Morgan fingerprint density at radius 2 is 1.79 bits per heavy atom. The van der Waals surface area contributed by atoms with Crippen molar-refractivity contribution in [3.05, 3.63) is 88.7 Å². The Balaban J connectivity index is 1.87. The fraction of sp³-hybridized carbons (Fsp3) is 0.0909. The van der Waals surface area contributed by atoms with E-state index in [1.807, 2.05) is 24.3 Å². The molecule has 0 aliphatic rings. The number of aromatic nitrogens is 1. The standard InChI is InChI=1S/C22H17ClN2O3S/c1-28-20-5-3-4-16(13-20)6-7-17-12-18(15-24-14-17)22(26)25-29(2,27)21-10-8-19(23)9-11-21/h3-5,8-15H,1-2H3. The number of ether oxygens (including phenoxy) is 1. The number of nitrogens with zero attached hydrogens (tertiary/aromatic N) is 2. The molecule has 1 unspecified atom stereocenters. The van der Waals surface area contributed by atoms with Gasteiger partial charge in [-0.2, -0.15) is 4.36 Å². The van der Waals surface area contributed by atoms with Gasteiger partial charge in [-0.15, -0.1) is 0 Å². The second-order valence-electron chi connectivity index (χ2n) is 6.10. The van der Waals surface area contributed by atoms with E-state index in [-0.39, 0.29) is 5.56 Å². The molecule has 0 aliphatic heterocycles. The van der Waals surface area contributed by atoms with Crippen LogP contribution < -0.4 is 4.74 Å². The van der Waals surface area contributed by atoms with Crippen molar-refractivity contribution in [1.29, 1.82) is 0 Å². The monoisotopic (exact) mass is 424 g/mol. The van der Waals surface area contributed by atoms with Crippen LogP contribution in [0.25, 0.3) is 0 Å². The van der Waals surface area contributed by atoms with E-state index in [0.29, 0.717) is 21.2 Å². The molecule has 0 N–H and O–H groups in total. The molecule has 3 aromatic rings. The molecule has 1 aromatic heterocycles. The summed E-state index contributed by atoms with van der Waals surface area (Å²) in [6, 6.07) is 15.3. The summed E-state index contributed by atoms with van der Waals surface area (Å²) in [6.07, 6.45) is 4.33. The first kappa shape index (κ1) is 20.6. The van der Waals surface area contributed by atoms with Crippen molar-refractivity contribution in [2.24, 2.45) is 4.36 Å². The highest BCUT2D eigenvalue weighted by atomic mass is 35.5. The van der Waals surface area contributed by atoms with Gasteiger partial charge in [0.25, 0.3) is 5.91 Å². The van der Waals surface area contributed by atoms with Crippen LogP contribution in [0.4, 0.5) is 0 Å². The van der Waals surface area contributed by atoms with Crippen LogP contribution in [0.1, 0.15) is 21.5 Å². The minimum absolute atomic E-state index is 0.214. The van der Waals surface area contributed by atoms with Crippen molar-refractivity contribution < 1.29 is 13.7 Å². The summed E-state index contributed by atoms with van der Waals surface area (Å²) >= 11 is 5.85. The molecule has 0 radical (unpaired) electrons. The Morgan fingerprint density at radius 3 is 2.52 bits per heavy atom. The van der Waals surface area contributed by atoms with Gasteiger partial charge in [0.2, 0.25) is 0 Å². The van der Waals surface area contributed by atoms with Crippen LogP contribution in [0, 0.1) is 11.8 Å². The topological polar surface area (TPSA) is 68.6 Å². The van der Waals surface area contributed by atoms with E-state index in [1.165, 1.54) is 12.5 Å². The van der Waals surface area contributed by atoms with Gasteiger partial charge >= 0.3 is 0 Å². The van der Waals surface area contributed by atoms with Gasteiger partial charge in [0, 0.05) is 39.7 Å². The van der Waals surface area contributed by atoms with Gasteiger partial charge in [-0.05, 0) is 48.5 Å². The number of hydrogen-bond acceptors (Lipinski definition) is 4.